The maximum Gasteiger partial charge on any atom is 0.263 e. The molecule has 37 heavy (non-hydrogen) atoms. The minimum atomic E-state index is -3.88. The molecule has 2 N–H and O–H groups in total. The third kappa shape index (κ3) is 4.15. The molecule has 2 heterocycles. The van der Waals surface area contributed by atoms with Crippen LogP contribution in [0.5, 0.6) is 0 Å². The van der Waals surface area contributed by atoms with Crippen molar-refractivity contribution in [3.63, 3.8) is 0 Å². The molecule has 0 unspecified atom stereocenters. The largest absolute Gasteiger partial charge is 0.341 e. The molecule has 6 rings (SSSR count). The molecule has 0 atom stereocenters. The first-order valence-corrected chi connectivity index (χ1v) is 13.6. The number of rotatable bonds is 6. The second-order valence-corrected chi connectivity index (χ2v) is 10.6. The molecule has 0 aliphatic heterocycles. The molecule has 0 saturated carbocycles. The molecule has 0 spiro atoms. The number of aryl methyl sites for hydroxylation is 2. The number of anilines is 3. The number of nitrogens with one attached hydrogen (secondary N) is 2. The van der Waals surface area contributed by atoms with Gasteiger partial charge >= 0.3 is 0 Å². The molecule has 2 aromatic heterocycles. The van der Waals surface area contributed by atoms with Crippen molar-refractivity contribution in [3.05, 3.63) is 96.6 Å². The highest BCUT2D eigenvalue weighted by Crippen LogP contribution is 2.33. The summed E-state index contributed by atoms with van der Waals surface area (Å²) in [5.41, 5.74) is 5.15. The number of benzene rings is 4. The van der Waals surface area contributed by atoms with Gasteiger partial charge in [-0.05, 0) is 61.9 Å². The standard InChI is InChI=1S/C29H25N5O2S/c1-3-34-26-14-7-4-11-22(26)23-16-15-20(18-27(23)34)30-28-29(32-25-13-6-5-12-24(25)31-28)33-37(35,36)21-10-8-9-19(2)17-21/h4-18H,3H2,1-2H3,(H,30,31)(H,32,33). The van der Waals surface area contributed by atoms with Crippen LogP contribution in [0.2, 0.25) is 0 Å². The molecular formula is C29H25N5O2S. The quantitative estimate of drug-likeness (QED) is 0.265. The molecule has 0 fully saturated rings. The highest BCUT2D eigenvalue weighted by molar-refractivity contribution is 7.92. The molecule has 7 nitrogen and oxygen atoms in total. The van der Waals surface area contributed by atoms with E-state index in [0.717, 1.165) is 28.7 Å². The van der Waals surface area contributed by atoms with E-state index in [0.29, 0.717) is 16.9 Å². The van der Waals surface area contributed by atoms with Gasteiger partial charge in [0.2, 0.25) is 0 Å². The maximum absolute atomic E-state index is 13.2. The SMILES string of the molecule is CCn1c2ccccc2c2ccc(Nc3nc4ccccc4nc3NS(=O)(=O)c3cccc(C)c3)cc21. The molecule has 4 aromatic carbocycles. The second-order valence-electron chi connectivity index (χ2n) is 8.95. The summed E-state index contributed by atoms with van der Waals surface area (Å²) in [7, 11) is -3.88. The highest BCUT2D eigenvalue weighted by Gasteiger charge is 2.20. The smallest absolute Gasteiger partial charge is 0.263 e. The monoisotopic (exact) mass is 507 g/mol. The summed E-state index contributed by atoms with van der Waals surface area (Å²) < 4.78 is 31.4. The van der Waals surface area contributed by atoms with Gasteiger partial charge in [0, 0.05) is 28.5 Å². The van der Waals surface area contributed by atoms with Crippen LogP contribution in [-0.4, -0.2) is 23.0 Å². The summed E-state index contributed by atoms with van der Waals surface area (Å²) in [5, 5.41) is 5.68. The van der Waals surface area contributed by atoms with Crippen LogP contribution < -0.4 is 10.0 Å². The number of para-hydroxylation sites is 3. The van der Waals surface area contributed by atoms with Gasteiger partial charge in [0.1, 0.15) is 0 Å². The van der Waals surface area contributed by atoms with Gasteiger partial charge in [-0.3, -0.25) is 4.72 Å². The average molecular weight is 508 g/mol. The van der Waals surface area contributed by atoms with Crippen molar-refractivity contribution in [1.82, 2.24) is 14.5 Å². The van der Waals surface area contributed by atoms with Gasteiger partial charge in [-0.1, -0.05) is 48.5 Å². The summed E-state index contributed by atoms with van der Waals surface area (Å²) in [6.45, 7) is 4.80. The van der Waals surface area contributed by atoms with E-state index < -0.39 is 10.0 Å². The molecule has 0 amide bonds. The lowest BCUT2D eigenvalue weighted by atomic mass is 10.1. The Balaban J connectivity index is 1.46. The van der Waals surface area contributed by atoms with E-state index in [1.54, 1.807) is 18.2 Å². The predicted molar refractivity (Wildman–Crippen MR) is 150 cm³/mol. The summed E-state index contributed by atoms with van der Waals surface area (Å²) >= 11 is 0. The van der Waals surface area contributed by atoms with Crippen LogP contribution in [0.1, 0.15) is 12.5 Å². The lowest BCUT2D eigenvalue weighted by Gasteiger charge is -2.14. The normalized spacial score (nSPS) is 11.8. The number of aromatic nitrogens is 3. The summed E-state index contributed by atoms with van der Waals surface area (Å²) in [6, 6.07) is 28.6. The lowest BCUT2D eigenvalue weighted by Crippen LogP contribution is -2.16. The molecule has 0 aliphatic rings. The zero-order valence-corrected chi connectivity index (χ0v) is 21.3. The third-order valence-corrected chi connectivity index (χ3v) is 7.79. The molecular weight excluding hydrogens is 482 g/mol. The molecule has 8 heteroatoms. The summed E-state index contributed by atoms with van der Waals surface area (Å²) in [4.78, 5) is 9.51. The topological polar surface area (TPSA) is 88.9 Å². The van der Waals surface area contributed by atoms with Crippen molar-refractivity contribution in [2.75, 3.05) is 10.0 Å². The zero-order chi connectivity index (χ0) is 25.6. The Bertz CT molecular complexity index is 1910. The zero-order valence-electron chi connectivity index (χ0n) is 20.4. The first-order chi connectivity index (χ1) is 17.9. The van der Waals surface area contributed by atoms with Gasteiger partial charge in [0.15, 0.2) is 11.6 Å². The first kappa shape index (κ1) is 23.0. The lowest BCUT2D eigenvalue weighted by molar-refractivity contribution is 0.601. The van der Waals surface area contributed by atoms with Crippen molar-refractivity contribution < 1.29 is 8.42 Å². The van der Waals surface area contributed by atoms with Crippen molar-refractivity contribution in [2.24, 2.45) is 0 Å². The average Bonchev–Trinajstić information content (AvgIpc) is 3.21. The molecule has 6 aromatic rings. The van der Waals surface area contributed by atoms with Crippen molar-refractivity contribution in [3.8, 4) is 0 Å². The van der Waals surface area contributed by atoms with Gasteiger partial charge in [0.25, 0.3) is 10.0 Å². The number of hydrogen-bond donors (Lipinski definition) is 2. The molecule has 0 radical (unpaired) electrons. The van der Waals surface area contributed by atoms with Crippen LogP contribution >= 0.6 is 0 Å². The van der Waals surface area contributed by atoms with Gasteiger partial charge in [-0.2, -0.15) is 0 Å². The van der Waals surface area contributed by atoms with Crippen molar-refractivity contribution in [1.29, 1.82) is 0 Å². The highest BCUT2D eigenvalue weighted by atomic mass is 32.2. The van der Waals surface area contributed by atoms with Crippen LogP contribution in [-0.2, 0) is 16.6 Å². The summed E-state index contributed by atoms with van der Waals surface area (Å²) in [6.07, 6.45) is 0. The van der Waals surface area contributed by atoms with Gasteiger partial charge in [0.05, 0.1) is 21.4 Å². The van der Waals surface area contributed by atoms with E-state index in [1.807, 2.05) is 55.5 Å². The number of hydrogen-bond acceptors (Lipinski definition) is 5. The third-order valence-electron chi connectivity index (χ3n) is 6.45. The minimum absolute atomic E-state index is 0.135. The fourth-order valence-electron chi connectivity index (χ4n) is 4.73. The Kier molecular flexibility index (Phi) is 5.53. The molecule has 0 saturated heterocycles. The molecule has 0 bridgehead atoms. The van der Waals surface area contributed by atoms with Crippen LogP contribution in [0.15, 0.2) is 95.9 Å². The Morgan fingerprint density at radius 3 is 2.22 bits per heavy atom. The van der Waals surface area contributed by atoms with Crippen LogP contribution in [0.25, 0.3) is 32.8 Å². The second kappa shape index (κ2) is 8.90. The summed E-state index contributed by atoms with van der Waals surface area (Å²) in [5.74, 6) is 0.463. The van der Waals surface area contributed by atoms with E-state index in [4.69, 9.17) is 4.98 Å². The molecule has 184 valence electrons. The van der Waals surface area contributed by atoms with Gasteiger partial charge in [-0.15, -0.1) is 0 Å². The van der Waals surface area contributed by atoms with E-state index in [1.165, 1.54) is 10.9 Å². The Labute approximate surface area is 214 Å². The van der Waals surface area contributed by atoms with Crippen LogP contribution in [0.4, 0.5) is 17.3 Å². The number of fused-ring (bicyclic) bond motifs is 4. The number of sulfonamides is 1. The van der Waals surface area contributed by atoms with E-state index in [2.05, 4.69) is 50.8 Å². The van der Waals surface area contributed by atoms with E-state index in [-0.39, 0.29) is 10.7 Å². The Hall–Kier alpha value is -4.43. The number of nitrogens with zero attached hydrogens (tertiary/aromatic N) is 3. The Morgan fingerprint density at radius 1 is 0.757 bits per heavy atom. The van der Waals surface area contributed by atoms with Crippen LogP contribution in [0, 0.1) is 6.92 Å². The van der Waals surface area contributed by atoms with E-state index >= 15 is 0 Å². The Morgan fingerprint density at radius 2 is 1.46 bits per heavy atom. The maximum atomic E-state index is 13.2. The fraction of sp³-hybridized carbons (Fsp3) is 0.103. The van der Waals surface area contributed by atoms with E-state index in [9.17, 15) is 8.42 Å². The fourth-order valence-corrected chi connectivity index (χ4v) is 5.84. The van der Waals surface area contributed by atoms with Gasteiger partial charge in [-0.25, -0.2) is 18.4 Å². The first-order valence-electron chi connectivity index (χ1n) is 12.1. The van der Waals surface area contributed by atoms with Gasteiger partial charge < -0.3 is 9.88 Å². The van der Waals surface area contributed by atoms with Crippen LogP contribution in [0.3, 0.4) is 0 Å². The van der Waals surface area contributed by atoms with Crippen molar-refractivity contribution >= 4 is 60.2 Å². The minimum Gasteiger partial charge on any atom is -0.341 e. The predicted octanol–water partition coefficient (Wildman–Crippen LogP) is 6.61. The molecule has 0 aliphatic carbocycles. The van der Waals surface area contributed by atoms with Crippen molar-refractivity contribution in [2.45, 2.75) is 25.3 Å².